The zero-order valence-corrected chi connectivity index (χ0v) is 17.1. The van der Waals surface area contributed by atoms with Crippen molar-refractivity contribution >= 4 is 75.7 Å². The van der Waals surface area contributed by atoms with Crippen LogP contribution >= 0.6 is 63.7 Å². The molecule has 0 radical (unpaired) electrons. The highest BCUT2D eigenvalue weighted by molar-refractivity contribution is 9.15. The van der Waals surface area contributed by atoms with Crippen LogP contribution in [0.5, 0.6) is 0 Å². The van der Waals surface area contributed by atoms with Crippen molar-refractivity contribution in [2.45, 2.75) is 6.92 Å². The first-order chi connectivity index (χ1) is 9.86. The number of esters is 2. The molecule has 9 heteroatoms. The molecule has 1 rings (SSSR count). The molecule has 0 unspecified atom stereocenters. The van der Waals surface area contributed by atoms with Crippen molar-refractivity contribution in [3.05, 3.63) is 29.0 Å². The van der Waals surface area contributed by atoms with E-state index in [1.54, 1.807) is 6.92 Å². The van der Waals surface area contributed by atoms with Gasteiger partial charge in [-0.2, -0.15) is 0 Å². The van der Waals surface area contributed by atoms with E-state index >= 15 is 0 Å². The molecule has 1 aromatic rings. The first-order valence-corrected chi connectivity index (χ1v) is 8.85. The third kappa shape index (κ3) is 4.28. The molecule has 0 bridgehead atoms. The van der Waals surface area contributed by atoms with Crippen molar-refractivity contribution < 1.29 is 24.2 Å². The Morgan fingerprint density at radius 1 is 0.905 bits per heavy atom. The van der Waals surface area contributed by atoms with Crippen molar-refractivity contribution in [1.29, 1.82) is 0 Å². The maximum absolute atomic E-state index is 12.1. The molecule has 0 fully saturated rings. The third-order valence-electron chi connectivity index (χ3n) is 2.28. The Morgan fingerprint density at radius 2 is 1.33 bits per heavy atom. The molecule has 5 nitrogen and oxygen atoms in total. The Bertz CT molecular complexity index is 574. The molecular weight excluding hydrogens is 544 g/mol. The summed E-state index contributed by atoms with van der Waals surface area (Å²) in [5.41, 5.74) is 0.0607. The summed E-state index contributed by atoms with van der Waals surface area (Å²) in [5.74, 6) is -1.40. The largest absolute Gasteiger partial charge is 0.462 e. The monoisotopic (exact) mass is 550 g/mol. The topological polar surface area (TPSA) is 72.8 Å². The Kier molecular flexibility index (Phi) is 7.83. The Morgan fingerprint density at radius 3 is 1.71 bits per heavy atom. The van der Waals surface area contributed by atoms with Crippen LogP contribution in [0.3, 0.4) is 0 Å². The molecule has 1 aromatic carbocycles. The standard InChI is InChI=1S/C12H10Br4O5/c1-2-20-11(18)5-6(12(19)21-4-3-17)8(14)10(16)9(15)7(5)13/h17H,2-4H2,1H3. The van der Waals surface area contributed by atoms with Crippen LogP contribution in [0, 0.1) is 0 Å². The van der Waals surface area contributed by atoms with Gasteiger partial charge in [0.15, 0.2) is 0 Å². The van der Waals surface area contributed by atoms with Crippen molar-refractivity contribution in [3.8, 4) is 0 Å². The minimum absolute atomic E-state index is 0.0175. The van der Waals surface area contributed by atoms with E-state index < -0.39 is 11.9 Å². The van der Waals surface area contributed by atoms with Crippen molar-refractivity contribution in [1.82, 2.24) is 0 Å². The number of carbonyl (C=O) groups excluding carboxylic acids is 2. The Hall–Kier alpha value is 0.0400. The third-order valence-corrected chi connectivity index (χ3v) is 7.04. The number of hydrogen-bond donors (Lipinski definition) is 1. The molecule has 21 heavy (non-hydrogen) atoms. The van der Waals surface area contributed by atoms with Gasteiger partial charge in [-0.25, -0.2) is 9.59 Å². The maximum Gasteiger partial charge on any atom is 0.340 e. The van der Waals surface area contributed by atoms with Crippen LogP contribution in [0.25, 0.3) is 0 Å². The second-order valence-electron chi connectivity index (χ2n) is 3.59. The number of carbonyl (C=O) groups is 2. The van der Waals surface area contributed by atoms with E-state index in [1.165, 1.54) is 0 Å². The van der Waals surface area contributed by atoms with E-state index in [2.05, 4.69) is 63.7 Å². The number of rotatable bonds is 5. The number of ether oxygens (including phenoxy) is 2. The fraction of sp³-hybridized carbons (Fsp3) is 0.333. The summed E-state index contributed by atoms with van der Waals surface area (Å²) in [6, 6.07) is 0. The van der Waals surface area contributed by atoms with E-state index in [-0.39, 0.29) is 30.9 Å². The van der Waals surface area contributed by atoms with Crippen LogP contribution in [0.15, 0.2) is 17.9 Å². The number of aliphatic hydroxyl groups is 1. The first kappa shape index (κ1) is 19.1. The summed E-state index contributed by atoms with van der Waals surface area (Å²) in [6.45, 7) is 1.36. The van der Waals surface area contributed by atoms with Gasteiger partial charge in [-0.05, 0) is 70.6 Å². The van der Waals surface area contributed by atoms with E-state index in [0.717, 1.165) is 0 Å². The number of hydrogen-bond acceptors (Lipinski definition) is 5. The lowest BCUT2D eigenvalue weighted by Gasteiger charge is -2.15. The molecule has 0 aliphatic heterocycles. The molecular formula is C12H10Br4O5. The average Bonchev–Trinajstić information content (AvgIpc) is 2.46. The van der Waals surface area contributed by atoms with Gasteiger partial charge in [0.2, 0.25) is 0 Å². The number of benzene rings is 1. The lowest BCUT2D eigenvalue weighted by molar-refractivity contribution is 0.0413. The number of aliphatic hydroxyl groups excluding tert-OH is 1. The summed E-state index contributed by atoms with van der Waals surface area (Å²) in [4.78, 5) is 24.3. The lowest BCUT2D eigenvalue weighted by atomic mass is 10.1. The van der Waals surface area contributed by atoms with E-state index in [0.29, 0.717) is 17.9 Å². The quantitative estimate of drug-likeness (QED) is 0.338. The maximum atomic E-state index is 12.1. The van der Waals surface area contributed by atoms with Gasteiger partial charge in [0.25, 0.3) is 0 Å². The van der Waals surface area contributed by atoms with Gasteiger partial charge in [-0.15, -0.1) is 0 Å². The second-order valence-corrected chi connectivity index (χ2v) is 6.76. The number of halogens is 4. The summed E-state index contributed by atoms with van der Waals surface area (Å²) in [5, 5.41) is 8.74. The summed E-state index contributed by atoms with van der Waals surface area (Å²) in [7, 11) is 0. The fourth-order valence-corrected chi connectivity index (χ4v) is 3.87. The van der Waals surface area contributed by atoms with Crippen LogP contribution in [0.4, 0.5) is 0 Å². The predicted molar refractivity (Wildman–Crippen MR) is 90.6 cm³/mol. The highest BCUT2D eigenvalue weighted by Gasteiger charge is 2.29. The molecule has 116 valence electrons. The molecule has 0 amide bonds. The van der Waals surface area contributed by atoms with Gasteiger partial charge in [0.05, 0.1) is 24.3 Å². The molecule has 0 saturated heterocycles. The van der Waals surface area contributed by atoms with E-state index in [4.69, 9.17) is 14.6 Å². The van der Waals surface area contributed by atoms with E-state index in [1.807, 2.05) is 0 Å². The molecule has 0 aliphatic rings. The van der Waals surface area contributed by atoms with Crippen molar-refractivity contribution in [2.24, 2.45) is 0 Å². The normalized spacial score (nSPS) is 10.4. The van der Waals surface area contributed by atoms with Gasteiger partial charge in [-0.1, -0.05) is 0 Å². The molecule has 1 N–H and O–H groups in total. The summed E-state index contributed by atoms with van der Waals surface area (Å²) >= 11 is 13.1. The minimum atomic E-state index is -0.743. The zero-order valence-electron chi connectivity index (χ0n) is 10.7. The Balaban J connectivity index is 3.51. The van der Waals surface area contributed by atoms with E-state index in [9.17, 15) is 9.59 Å². The van der Waals surface area contributed by atoms with Gasteiger partial charge in [-0.3, -0.25) is 0 Å². The van der Waals surface area contributed by atoms with Crippen LogP contribution in [0.1, 0.15) is 27.6 Å². The van der Waals surface area contributed by atoms with Crippen molar-refractivity contribution in [2.75, 3.05) is 19.8 Å². The lowest BCUT2D eigenvalue weighted by Crippen LogP contribution is -2.17. The van der Waals surface area contributed by atoms with Crippen LogP contribution < -0.4 is 0 Å². The van der Waals surface area contributed by atoms with Gasteiger partial charge in [0.1, 0.15) is 6.61 Å². The minimum Gasteiger partial charge on any atom is -0.462 e. The molecule has 0 atom stereocenters. The smallest absolute Gasteiger partial charge is 0.340 e. The average molecular weight is 554 g/mol. The molecule has 0 saturated carbocycles. The molecule has 0 spiro atoms. The van der Waals surface area contributed by atoms with Gasteiger partial charge in [0, 0.05) is 17.9 Å². The summed E-state index contributed by atoms with van der Waals surface area (Å²) < 4.78 is 11.7. The van der Waals surface area contributed by atoms with Crippen molar-refractivity contribution in [3.63, 3.8) is 0 Å². The zero-order chi connectivity index (χ0) is 16.2. The van der Waals surface area contributed by atoms with Crippen LogP contribution in [-0.4, -0.2) is 36.9 Å². The van der Waals surface area contributed by atoms with Gasteiger partial charge >= 0.3 is 11.9 Å². The molecule has 0 aliphatic carbocycles. The predicted octanol–water partition coefficient (Wildman–Crippen LogP) is 4.06. The highest BCUT2D eigenvalue weighted by atomic mass is 79.9. The summed E-state index contributed by atoms with van der Waals surface area (Å²) in [6.07, 6.45) is 0. The Labute approximate surface area is 154 Å². The van der Waals surface area contributed by atoms with Crippen LogP contribution in [0.2, 0.25) is 0 Å². The first-order valence-electron chi connectivity index (χ1n) is 5.67. The van der Waals surface area contributed by atoms with Gasteiger partial charge < -0.3 is 14.6 Å². The SMILES string of the molecule is CCOC(=O)c1c(Br)c(Br)c(Br)c(Br)c1C(=O)OCCO. The second kappa shape index (κ2) is 8.61. The van der Waals surface area contributed by atoms with Crippen LogP contribution in [-0.2, 0) is 9.47 Å². The molecule has 0 aromatic heterocycles. The molecule has 0 heterocycles. The fourth-order valence-electron chi connectivity index (χ4n) is 1.43. The highest BCUT2D eigenvalue weighted by Crippen LogP contribution is 2.42.